The largest absolute Gasteiger partial charge is 0.480 e. The number of H-pyrrole nitrogens is 1. The smallest absolute Gasteiger partial charge is 0.320 e. The van der Waals surface area contributed by atoms with Crippen LogP contribution in [0.4, 0.5) is 0 Å². The fourth-order valence-electron chi connectivity index (χ4n) is 1.57. The summed E-state index contributed by atoms with van der Waals surface area (Å²) in [5.41, 5.74) is 6.59. The molecule has 0 aliphatic heterocycles. The Morgan fingerprint density at radius 3 is 2.70 bits per heavy atom. The van der Waals surface area contributed by atoms with Crippen LogP contribution in [0.5, 0.6) is 0 Å². The van der Waals surface area contributed by atoms with Crippen molar-refractivity contribution in [2.24, 2.45) is 5.73 Å². The average Bonchev–Trinajstić information content (AvgIpc) is 2.86. The molecule has 2 rings (SSSR count). The molecule has 0 saturated carbocycles. The van der Waals surface area contributed by atoms with Crippen molar-refractivity contribution in [3.05, 3.63) is 47.9 Å². The van der Waals surface area contributed by atoms with Crippen LogP contribution in [0.2, 0.25) is 0 Å². The molecular formula is C13H13N3O3S. The molecule has 0 spiro atoms. The summed E-state index contributed by atoms with van der Waals surface area (Å²) in [4.78, 5) is 29.6. The van der Waals surface area contributed by atoms with Crippen LogP contribution in [0, 0.1) is 0 Å². The minimum Gasteiger partial charge on any atom is -0.480 e. The Labute approximate surface area is 119 Å². The lowest BCUT2D eigenvalue weighted by molar-refractivity contribution is -0.138. The molecule has 6 nitrogen and oxygen atoms in total. The van der Waals surface area contributed by atoms with Crippen LogP contribution < -0.4 is 5.73 Å². The second-order valence-corrected chi connectivity index (χ2v) is 5.05. The van der Waals surface area contributed by atoms with Gasteiger partial charge in [-0.15, -0.1) is 0 Å². The number of imidazole rings is 1. The monoisotopic (exact) mass is 291 g/mol. The topological polar surface area (TPSA) is 109 Å². The summed E-state index contributed by atoms with van der Waals surface area (Å²) in [7, 11) is 0. The Morgan fingerprint density at radius 2 is 2.05 bits per heavy atom. The molecule has 104 valence electrons. The second kappa shape index (κ2) is 6.36. The molecule has 1 heterocycles. The number of benzene rings is 1. The fourth-order valence-corrected chi connectivity index (χ4v) is 2.37. The number of carboxylic acids is 1. The highest BCUT2D eigenvalue weighted by Crippen LogP contribution is 2.24. The zero-order chi connectivity index (χ0) is 14.5. The van der Waals surface area contributed by atoms with Gasteiger partial charge in [-0.25, -0.2) is 4.98 Å². The van der Waals surface area contributed by atoms with Crippen molar-refractivity contribution in [1.29, 1.82) is 0 Å². The quantitative estimate of drug-likeness (QED) is 0.716. The molecule has 0 radical (unpaired) electrons. The molecular weight excluding hydrogens is 278 g/mol. The number of rotatable bonds is 5. The third kappa shape index (κ3) is 3.46. The van der Waals surface area contributed by atoms with Crippen LogP contribution in [-0.4, -0.2) is 32.2 Å². The highest BCUT2D eigenvalue weighted by molar-refractivity contribution is 8.14. The number of carboxylic acid groups (broad SMARTS) is 1. The van der Waals surface area contributed by atoms with Crippen LogP contribution in [0.15, 0.2) is 41.7 Å². The number of hydrogen-bond acceptors (Lipinski definition) is 5. The number of carbonyl (C=O) groups is 2. The van der Waals surface area contributed by atoms with Gasteiger partial charge in [0.25, 0.3) is 0 Å². The van der Waals surface area contributed by atoms with Gasteiger partial charge in [-0.05, 0) is 11.8 Å². The number of carbonyl (C=O) groups excluding carboxylic acids is 1. The van der Waals surface area contributed by atoms with E-state index in [1.54, 1.807) is 24.3 Å². The Hall–Kier alpha value is -2.12. The van der Waals surface area contributed by atoms with Crippen molar-refractivity contribution < 1.29 is 14.7 Å². The minimum absolute atomic E-state index is 0.0970. The lowest BCUT2D eigenvalue weighted by atomic mass is 10.2. The molecule has 0 aliphatic rings. The first-order valence-electron chi connectivity index (χ1n) is 5.86. The van der Waals surface area contributed by atoms with Crippen LogP contribution in [0.3, 0.4) is 0 Å². The van der Waals surface area contributed by atoms with Crippen molar-refractivity contribution in [1.82, 2.24) is 9.97 Å². The van der Waals surface area contributed by atoms with Crippen LogP contribution >= 0.6 is 11.8 Å². The minimum atomic E-state index is -1.09. The molecule has 0 saturated heterocycles. The maximum atomic E-state index is 12.0. The van der Waals surface area contributed by atoms with Crippen molar-refractivity contribution >= 4 is 22.8 Å². The Kier molecular flexibility index (Phi) is 4.54. The number of aromatic amines is 1. The molecule has 1 aromatic carbocycles. The summed E-state index contributed by atoms with van der Waals surface area (Å²) in [6.45, 7) is 0. The highest BCUT2D eigenvalue weighted by atomic mass is 32.2. The van der Waals surface area contributed by atoms with Crippen molar-refractivity contribution in [2.45, 2.75) is 17.5 Å². The summed E-state index contributed by atoms with van der Waals surface area (Å²) < 4.78 is 0. The lowest BCUT2D eigenvalue weighted by Crippen LogP contribution is -2.32. The van der Waals surface area contributed by atoms with Gasteiger partial charge in [0, 0.05) is 12.0 Å². The van der Waals surface area contributed by atoms with Gasteiger partial charge in [0.1, 0.15) is 11.1 Å². The third-order valence-electron chi connectivity index (χ3n) is 2.62. The maximum Gasteiger partial charge on any atom is 0.320 e. The summed E-state index contributed by atoms with van der Waals surface area (Å²) in [5, 5.41) is 9.10. The molecule has 2 aromatic rings. The molecule has 0 fully saturated rings. The SMILES string of the molecule is NC(Cc1[nH]cnc1SC(=O)c1ccccc1)C(=O)O. The zero-order valence-electron chi connectivity index (χ0n) is 10.4. The number of nitrogens with two attached hydrogens (primary N) is 1. The van der Waals surface area contributed by atoms with E-state index < -0.39 is 12.0 Å². The molecule has 4 N–H and O–H groups in total. The van der Waals surface area contributed by atoms with Gasteiger partial charge >= 0.3 is 5.97 Å². The second-order valence-electron chi connectivity index (χ2n) is 4.09. The van der Waals surface area contributed by atoms with Gasteiger partial charge in [-0.1, -0.05) is 30.3 Å². The molecule has 0 amide bonds. The van der Waals surface area contributed by atoms with Crippen LogP contribution in [0.25, 0.3) is 0 Å². The van der Waals surface area contributed by atoms with Gasteiger partial charge < -0.3 is 15.8 Å². The van der Waals surface area contributed by atoms with Gasteiger partial charge in [0.15, 0.2) is 0 Å². The average molecular weight is 291 g/mol. The first-order chi connectivity index (χ1) is 9.58. The molecule has 1 aromatic heterocycles. The summed E-state index contributed by atoms with van der Waals surface area (Å²) in [5.74, 6) is -1.09. The number of hydrogen-bond donors (Lipinski definition) is 3. The Bertz CT molecular complexity index is 612. The fraction of sp³-hybridized carbons (Fsp3) is 0.154. The summed E-state index contributed by atoms with van der Waals surface area (Å²) in [6, 6.07) is 7.78. The molecule has 20 heavy (non-hydrogen) atoms. The summed E-state index contributed by atoms with van der Waals surface area (Å²) in [6.07, 6.45) is 1.52. The van der Waals surface area contributed by atoms with E-state index in [1.807, 2.05) is 6.07 Å². The predicted molar refractivity (Wildman–Crippen MR) is 74.5 cm³/mol. The van der Waals surface area contributed by atoms with Crippen molar-refractivity contribution in [3.63, 3.8) is 0 Å². The first kappa shape index (κ1) is 14.3. The molecule has 1 atom stereocenters. The van der Waals surface area contributed by atoms with Crippen molar-refractivity contribution in [2.75, 3.05) is 0 Å². The summed E-state index contributed by atoms with van der Waals surface area (Å²) >= 11 is 0.954. The van der Waals surface area contributed by atoms with E-state index in [0.29, 0.717) is 16.3 Å². The van der Waals surface area contributed by atoms with E-state index in [4.69, 9.17) is 10.8 Å². The first-order valence-corrected chi connectivity index (χ1v) is 6.67. The maximum absolute atomic E-state index is 12.0. The predicted octanol–water partition coefficient (Wildman–Crippen LogP) is 1.30. The van der Waals surface area contributed by atoms with Gasteiger partial charge in [-0.2, -0.15) is 0 Å². The number of thioether (sulfide) groups is 1. The molecule has 0 aliphatic carbocycles. The number of nitrogens with one attached hydrogen (secondary N) is 1. The van der Waals surface area contributed by atoms with E-state index in [1.165, 1.54) is 6.33 Å². The Balaban J connectivity index is 2.09. The van der Waals surface area contributed by atoms with Crippen LogP contribution in [0.1, 0.15) is 16.1 Å². The number of nitrogens with zero attached hydrogens (tertiary/aromatic N) is 1. The normalized spacial score (nSPS) is 12.1. The molecule has 7 heteroatoms. The van der Waals surface area contributed by atoms with Gasteiger partial charge in [0.2, 0.25) is 5.12 Å². The lowest BCUT2D eigenvalue weighted by Gasteiger charge is -2.06. The Morgan fingerprint density at radius 1 is 1.35 bits per heavy atom. The molecule has 0 bridgehead atoms. The number of aromatic nitrogens is 2. The van der Waals surface area contributed by atoms with E-state index in [0.717, 1.165) is 11.8 Å². The van der Waals surface area contributed by atoms with E-state index in [-0.39, 0.29) is 11.5 Å². The zero-order valence-corrected chi connectivity index (χ0v) is 11.3. The highest BCUT2D eigenvalue weighted by Gasteiger charge is 2.18. The van der Waals surface area contributed by atoms with Gasteiger partial charge in [0.05, 0.1) is 12.0 Å². The third-order valence-corrected chi connectivity index (χ3v) is 3.59. The number of aliphatic carboxylic acids is 1. The standard InChI is InChI=1S/C13H13N3O3S/c14-9(12(17)18)6-10-11(16-7-15-10)20-13(19)8-4-2-1-3-5-8/h1-5,7,9H,6,14H2,(H,15,16)(H,17,18). The van der Waals surface area contributed by atoms with Crippen molar-refractivity contribution in [3.8, 4) is 0 Å². The van der Waals surface area contributed by atoms with E-state index in [2.05, 4.69) is 9.97 Å². The van der Waals surface area contributed by atoms with Gasteiger partial charge in [-0.3, -0.25) is 9.59 Å². The molecule has 1 unspecified atom stereocenters. The van der Waals surface area contributed by atoms with Crippen LogP contribution in [-0.2, 0) is 11.2 Å². The van der Waals surface area contributed by atoms with E-state index >= 15 is 0 Å². The van der Waals surface area contributed by atoms with E-state index in [9.17, 15) is 9.59 Å².